The maximum Gasteiger partial charge on any atom is 0.251 e. The van der Waals surface area contributed by atoms with E-state index in [0.717, 1.165) is 10.9 Å². The van der Waals surface area contributed by atoms with Crippen molar-refractivity contribution in [2.75, 3.05) is 6.54 Å². The van der Waals surface area contributed by atoms with Crippen LogP contribution in [-0.4, -0.2) is 33.9 Å². The summed E-state index contributed by atoms with van der Waals surface area (Å²) in [5.74, 6) is -0.191. The molecular formula is C11H13N3O2. The van der Waals surface area contributed by atoms with Crippen LogP contribution in [0, 0.1) is 0 Å². The van der Waals surface area contributed by atoms with Gasteiger partial charge >= 0.3 is 0 Å². The maximum absolute atomic E-state index is 11.7. The van der Waals surface area contributed by atoms with Crippen molar-refractivity contribution in [1.82, 2.24) is 15.5 Å². The molecule has 1 aromatic carbocycles. The summed E-state index contributed by atoms with van der Waals surface area (Å²) in [5.41, 5.74) is 1.46. The van der Waals surface area contributed by atoms with Gasteiger partial charge in [0.1, 0.15) is 0 Å². The van der Waals surface area contributed by atoms with Gasteiger partial charge in [0.25, 0.3) is 5.91 Å². The van der Waals surface area contributed by atoms with E-state index in [1.807, 2.05) is 0 Å². The molecule has 0 aliphatic carbocycles. The molecule has 1 aromatic heterocycles. The van der Waals surface area contributed by atoms with E-state index in [9.17, 15) is 4.79 Å². The Labute approximate surface area is 92.5 Å². The molecule has 0 aliphatic rings. The SMILES string of the molecule is C[C@@H](O)CNC(=O)c1ccc2[nH]ncc2c1. The smallest absolute Gasteiger partial charge is 0.251 e. The zero-order valence-corrected chi connectivity index (χ0v) is 8.90. The minimum absolute atomic E-state index is 0.191. The highest BCUT2D eigenvalue weighted by atomic mass is 16.3. The molecule has 16 heavy (non-hydrogen) atoms. The summed E-state index contributed by atoms with van der Waals surface area (Å²) in [4.78, 5) is 11.7. The number of hydrogen-bond donors (Lipinski definition) is 3. The number of aliphatic hydroxyl groups is 1. The predicted octanol–water partition coefficient (Wildman–Crippen LogP) is 0.673. The Balaban J connectivity index is 2.16. The maximum atomic E-state index is 11.7. The summed E-state index contributed by atoms with van der Waals surface area (Å²) < 4.78 is 0. The molecule has 0 spiro atoms. The zero-order valence-electron chi connectivity index (χ0n) is 8.90. The molecular weight excluding hydrogens is 206 g/mol. The highest BCUT2D eigenvalue weighted by Gasteiger charge is 2.07. The van der Waals surface area contributed by atoms with Crippen LogP contribution >= 0.6 is 0 Å². The van der Waals surface area contributed by atoms with Crippen LogP contribution < -0.4 is 5.32 Å². The van der Waals surface area contributed by atoms with Gasteiger partial charge in [0.2, 0.25) is 0 Å². The van der Waals surface area contributed by atoms with Gasteiger partial charge in [-0.15, -0.1) is 0 Å². The van der Waals surface area contributed by atoms with Crippen LogP contribution in [0.4, 0.5) is 0 Å². The normalized spacial score (nSPS) is 12.6. The van der Waals surface area contributed by atoms with Gasteiger partial charge in [-0.05, 0) is 25.1 Å². The van der Waals surface area contributed by atoms with Gasteiger partial charge in [-0.1, -0.05) is 0 Å². The number of H-pyrrole nitrogens is 1. The Morgan fingerprint density at radius 2 is 2.44 bits per heavy atom. The van der Waals surface area contributed by atoms with E-state index < -0.39 is 6.10 Å². The van der Waals surface area contributed by atoms with Crippen LogP contribution in [0.1, 0.15) is 17.3 Å². The second-order valence-corrected chi connectivity index (χ2v) is 3.73. The number of hydrogen-bond acceptors (Lipinski definition) is 3. The molecule has 1 heterocycles. The highest BCUT2D eigenvalue weighted by Crippen LogP contribution is 2.12. The Bertz CT molecular complexity index is 505. The van der Waals surface area contributed by atoms with Crippen LogP contribution in [0.5, 0.6) is 0 Å². The summed E-state index contributed by atoms with van der Waals surface area (Å²) in [7, 11) is 0. The summed E-state index contributed by atoms with van der Waals surface area (Å²) in [5, 5.41) is 19.3. The predicted molar refractivity (Wildman–Crippen MR) is 60.1 cm³/mol. The average molecular weight is 219 g/mol. The lowest BCUT2D eigenvalue weighted by Gasteiger charge is -2.06. The van der Waals surface area contributed by atoms with Crippen LogP contribution in [0.3, 0.4) is 0 Å². The standard InChI is InChI=1S/C11H13N3O2/c1-7(15)5-12-11(16)8-2-3-10-9(4-8)6-13-14-10/h2-4,6-7,15H,5H2,1H3,(H,12,16)(H,13,14)/t7-/m1/s1. The minimum Gasteiger partial charge on any atom is -0.392 e. The largest absolute Gasteiger partial charge is 0.392 e. The summed E-state index contributed by atoms with van der Waals surface area (Å²) >= 11 is 0. The molecule has 2 aromatic rings. The quantitative estimate of drug-likeness (QED) is 0.710. The Hall–Kier alpha value is -1.88. The van der Waals surface area contributed by atoms with E-state index in [4.69, 9.17) is 5.11 Å². The van der Waals surface area contributed by atoms with Gasteiger partial charge in [0.15, 0.2) is 0 Å². The molecule has 5 heteroatoms. The third kappa shape index (κ3) is 2.20. The fraction of sp³-hybridized carbons (Fsp3) is 0.273. The fourth-order valence-corrected chi connectivity index (χ4v) is 1.43. The minimum atomic E-state index is -0.540. The summed E-state index contributed by atoms with van der Waals surface area (Å²) in [6, 6.07) is 5.29. The number of aromatic amines is 1. The topological polar surface area (TPSA) is 78.0 Å². The van der Waals surface area contributed by atoms with Gasteiger partial charge in [0, 0.05) is 17.5 Å². The molecule has 0 unspecified atom stereocenters. The number of amides is 1. The molecule has 0 saturated carbocycles. The zero-order chi connectivity index (χ0) is 11.5. The number of carbonyl (C=O) groups excluding carboxylic acids is 1. The van der Waals surface area contributed by atoms with E-state index in [-0.39, 0.29) is 12.5 Å². The van der Waals surface area contributed by atoms with Crippen molar-refractivity contribution in [3.63, 3.8) is 0 Å². The number of aromatic nitrogens is 2. The number of nitrogens with one attached hydrogen (secondary N) is 2. The fourth-order valence-electron chi connectivity index (χ4n) is 1.43. The first kappa shape index (κ1) is 10.6. The lowest BCUT2D eigenvalue weighted by Crippen LogP contribution is -2.30. The van der Waals surface area contributed by atoms with E-state index in [1.54, 1.807) is 31.3 Å². The van der Waals surface area contributed by atoms with Crippen molar-refractivity contribution in [2.24, 2.45) is 0 Å². The number of fused-ring (bicyclic) bond motifs is 1. The van der Waals surface area contributed by atoms with E-state index >= 15 is 0 Å². The van der Waals surface area contributed by atoms with E-state index in [2.05, 4.69) is 15.5 Å². The van der Waals surface area contributed by atoms with Gasteiger partial charge in [-0.3, -0.25) is 9.89 Å². The van der Waals surface area contributed by atoms with Crippen molar-refractivity contribution in [3.8, 4) is 0 Å². The molecule has 0 aliphatic heterocycles. The van der Waals surface area contributed by atoms with Crippen LogP contribution in [0.25, 0.3) is 10.9 Å². The molecule has 5 nitrogen and oxygen atoms in total. The molecule has 0 saturated heterocycles. The first-order valence-corrected chi connectivity index (χ1v) is 5.06. The summed E-state index contributed by atoms with van der Waals surface area (Å²) in [6.45, 7) is 1.88. The Morgan fingerprint density at radius 3 is 3.19 bits per heavy atom. The third-order valence-electron chi connectivity index (χ3n) is 2.26. The number of rotatable bonds is 3. The first-order chi connectivity index (χ1) is 7.66. The van der Waals surface area contributed by atoms with Gasteiger partial charge in [-0.2, -0.15) is 5.10 Å². The van der Waals surface area contributed by atoms with Crippen molar-refractivity contribution in [1.29, 1.82) is 0 Å². The average Bonchev–Trinajstić information content (AvgIpc) is 2.72. The summed E-state index contributed by atoms with van der Waals surface area (Å²) in [6.07, 6.45) is 1.13. The molecule has 1 amide bonds. The number of carbonyl (C=O) groups is 1. The molecule has 0 radical (unpaired) electrons. The van der Waals surface area contributed by atoms with Gasteiger partial charge in [0.05, 0.1) is 17.8 Å². The van der Waals surface area contributed by atoms with Gasteiger partial charge in [-0.25, -0.2) is 0 Å². The molecule has 2 rings (SSSR count). The number of benzene rings is 1. The monoisotopic (exact) mass is 219 g/mol. The highest BCUT2D eigenvalue weighted by molar-refractivity contribution is 5.97. The Morgan fingerprint density at radius 1 is 1.62 bits per heavy atom. The van der Waals surface area contributed by atoms with E-state index in [1.165, 1.54) is 0 Å². The first-order valence-electron chi connectivity index (χ1n) is 5.06. The van der Waals surface area contributed by atoms with Crippen molar-refractivity contribution in [3.05, 3.63) is 30.0 Å². The van der Waals surface area contributed by atoms with Crippen LogP contribution in [-0.2, 0) is 0 Å². The molecule has 1 atom stereocenters. The lowest BCUT2D eigenvalue weighted by molar-refractivity contribution is 0.0924. The van der Waals surface area contributed by atoms with E-state index in [0.29, 0.717) is 5.56 Å². The van der Waals surface area contributed by atoms with Crippen molar-refractivity contribution < 1.29 is 9.90 Å². The Kier molecular flexibility index (Phi) is 2.87. The van der Waals surface area contributed by atoms with Gasteiger partial charge < -0.3 is 10.4 Å². The van der Waals surface area contributed by atoms with Crippen molar-refractivity contribution >= 4 is 16.8 Å². The third-order valence-corrected chi connectivity index (χ3v) is 2.26. The second-order valence-electron chi connectivity index (χ2n) is 3.73. The van der Waals surface area contributed by atoms with Crippen molar-refractivity contribution in [2.45, 2.75) is 13.0 Å². The second kappa shape index (κ2) is 4.32. The molecule has 0 fully saturated rings. The number of aliphatic hydroxyl groups excluding tert-OH is 1. The van der Waals surface area contributed by atoms with Crippen LogP contribution in [0.2, 0.25) is 0 Å². The molecule has 84 valence electrons. The molecule has 0 bridgehead atoms. The van der Waals surface area contributed by atoms with Crippen LogP contribution in [0.15, 0.2) is 24.4 Å². The lowest BCUT2D eigenvalue weighted by atomic mass is 10.1. The number of nitrogens with zero attached hydrogens (tertiary/aromatic N) is 1. The molecule has 3 N–H and O–H groups in total.